The number of alkyl halides is 1. The molecule has 3 atom stereocenters. The molecule has 3 unspecified atom stereocenters. The normalized spacial score (nSPS) is 28.9. The maximum atomic E-state index is 11.8. The fourth-order valence-corrected chi connectivity index (χ4v) is 1.74. The Hall–Kier alpha value is -0.280. The first kappa shape index (κ1) is 11.8. The number of hydrogen-bond acceptors (Lipinski definition) is 2. The van der Waals surface area contributed by atoms with Crippen molar-refractivity contribution in [2.75, 3.05) is 12.9 Å². The van der Waals surface area contributed by atoms with E-state index in [4.69, 9.17) is 16.3 Å². The standard InChI is InChI=1S/C10H18ClNO2/c1-7(6-11)12(3)10(13)9-5-4-8(2)14-9/h7-9H,4-6H2,1-3H3. The lowest BCUT2D eigenvalue weighted by Gasteiger charge is -2.25. The third kappa shape index (κ3) is 2.61. The largest absolute Gasteiger partial charge is 0.365 e. The first-order valence-corrected chi connectivity index (χ1v) is 5.57. The van der Waals surface area contributed by atoms with E-state index in [9.17, 15) is 4.79 Å². The summed E-state index contributed by atoms with van der Waals surface area (Å²) in [4.78, 5) is 13.5. The van der Waals surface area contributed by atoms with Crippen LogP contribution in [0.1, 0.15) is 26.7 Å². The highest BCUT2D eigenvalue weighted by Crippen LogP contribution is 2.21. The molecule has 0 spiro atoms. The van der Waals surface area contributed by atoms with Gasteiger partial charge in [0.2, 0.25) is 0 Å². The average molecular weight is 220 g/mol. The van der Waals surface area contributed by atoms with Crippen molar-refractivity contribution in [2.24, 2.45) is 0 Å². The molecule has 1 heterocycles. The van der Waals surface area contributed by atoms with Crippen LogP contribution in [0.3, 0.4) is 0 Å². The van der Waals surface area contributed by atoms with Crippen molar-refractivity contribution in [3.8, 4) is 0 Å². The Balaban J connectivity index is 2.48. The molecular weight excluding hydrogens is 202 g/mol. The SMILES string of the molecule is CC1CCC(C(=O)N(C)C(C)CCl)O1. The Morgan fingerprint density at radius 3 is 2.71 bits per heavy atom. The summed E-state index contributed by atoms with van der Waals surface area (Å²) in [6, 6.07) is 0.0728. The molecule has 3 nitrogen and oxygen atoms in total. The second-order valence-corrected chi connectivity index (χ2v) is 4.27. The fraction of sp³-hybridized carbons (Fsp3) is 0.900. The molecule has 1 amide bonds. The predicted octanol–water partition coefficient (Wildman–Crippen LogP) is 1.64. The summed E-state index contributed by atoms with van der Waals surface area (Å²) < 4.78 is 5.50. The minimum atomic E-state index is -0.249. The van der Waals surface area contributed by atoms with Gasteiger partial charge in [-0.1, -0.05) is 0 Å². The van der Waals surface area contributed by atoms with E-state index in [-0.39, 0.29) is 24.2 Å². The Morgan fingerprint density at radius 2 is 2.29 bits per heavy atom. The Kier molecular flexibility index (Phi) is 4.20. The van der Waals surface area contributed by atoms with Crippen molar-refractivity contribution in [1.82, 2.24) is 4.90 Å². The van der Waals surface area contributed by atoms with Crippen LogP contribution in [-0.2, 0) is 9.53 Å². The molecular formula is C10H18ClNO2. The third-order valence-electron chi connectivity index (χ3n) is 2.74. The number of carbonyl (C=O) groups is 1. The number of hydrogen-bond donors (Lipinski definition) is 0. The molecule has 0 aromatic carbocycles. The zero-order valence-corrected chi connectivity index (χ0v) is 9.75. The van der Waals surface area contributed by atoms with Gasteiger partial charge in [-0.2, -0.15) is 0 Å². The zero-order valence-electron chi connectivity index (χ0n) is 9.00. The van der Waals surface area contributed by atoms with Crippen LogP contribution in [-0.4, -0.2) is 42.0 Å². The van der Waals surface area contributed by atoms with Gasteiger partial charge in [0.05, 0.1) is 6.10 Å². The van der Waals surface area contributed by atoms with Gasteiger partial charge in [0, 0.05) is 19.0 Å². The molecule has 0 bridgehead atoms. The zero-order chi connectivity index (χ0) is 10.7. The topological polar surface area (TPSA) is 29.5 Å². The molecule has 0 aliphatic carbocycles. The lowest BCUT2D eigenvalue weighted by molar-refractivity contribution is -0.142. The second kappa shape index (κ2) is 4.99. The number of likely N-dealkylation sites (N-methyl/N-ethyl adjacent to an activating group) is 1. The van der Waals surface area contributed by atoms with Crippen LogP contribution in [0, 0.1) is 0 Å². The van der Waals surface area contributed by atoms with E-state index in [1.54, 1.807) is 11.9 Å². The number of amides is 1. The van der Waals surface area contributed by atoms with Crippen LogP contribution in [0.5, 0.6) is 0 Å². The summed E-state index contributed by atoms with van der Waals surface area (Å²) in [5.41, 5.74) is 0. The van der Waals surface area contributed by atoms with Crippen molar-refractivity contribution < 1.29 is 9.53 Å². The number of nitrogens with zero attached hydrogens (tertiary/aromatic N) is 1. The molecule has 1 rings (SSSR count). The number of rotatable bonds is 3. The Morgan fingerprint density at radius 1 is 1.64 bits per heavy atom. The molecule has 1 fully saturated rings. The number of ether oxygens (including phenoxy) is 1. The summed E-state index contributed by atoms with van der Waals surface area (Å²) in [5.74, 6) is 0.521. The van der Waals surface area contributed by atoms with Crippen LogP contribution < -0.4 is 0 Å². The van der Waals surface area contributed by atoms with Crippen molar-refractivity contribution in [3.05, 3.63) is 0 Å². The smallest absolute Gasteiger partial charge is 0.251 e. The molecule has 1 saturated heterocycles. The van der Waals surface area contributed by atoms with Gasteiger partial charge in [0.15, 0.2) is 0 Å². The van der Waals surface area contributed by atoms with Crippen molar-refractivity contribution >= 4 is 17.5 Å². The van der Waals surface area contributed by atoms with Crippen LogP contribution in [0.4, 0.5) is 0 Å². The Labute approximate surface area is 90.4 Å². The summed E-state index contributed by atoms with van der Waals surface area (Å²) in [7, 11) is 1.78. The molecule has 0 aromatic heterocycles. The van der Waals surface area contributed by atoms with E-state index in [1.807, 2.05) is 13.8 Å². The van der Waals surface area contributed by atoms with E-state index in [0.717, 1.165) is 12.8 Å². The summed E-state index contributed by atoms with van der Waals surface area (Å²) in [6.07, 6.45) is 1.77. The minimum absolute atomic E-state index is 0.0579. The fourth-order valence-electron chi connectivity index (χ4n) is 1.53. The third-order valence-corrected chi connectivity index (χ3v) is 3.19. The van der Waals surface area contributed by atoms with Gasteiger partial charge < -0.3 is 9.64 Å². The van der Waals surface area contributed by atoms with Crippen LogP contribution >= 0.6 is 11.6 Å². The van der Waals surface area contributed by atoms with E-state index in [0.29, 0.717) is 5.88 Å². The van der Waals surface area contributed by atoms with Gasteiger partial charge in [-0.25, -0.2) is 0 Å². The molecule has 82 valence electrons. The highest BCUT2D eigenvalue weighted by Gasteiger charge is 2.31. The molecule has 1 aliphatic heterocycles. The van der Waals surface area contributed by atoms with Crippen molar-refractivity contribution in [1.29, 1.82) is 0 Å². The maximum absolute atomic E-state index is 11.8. The van der Waals surface area contributed by atoms with Gasteiger partial charge in [0.25, 0.3) is 5.91 Å². The maximum Gasteiger partial charge on any atom is 0.251 e. The summed E-state index contributed by atoms with van der Waals surface area (Å²) >= 11 is 5.69. The number of halogens is 1. The van der Waals surface area contributed by atoms with Gasteiger partial charge in [0.1, 0.15) is 6.10 Å². The van der Waals surface area contributed by atoms with Gasteiger partial charge in [-0.05, 0) is 26.7 Å². The molecule has 1 aliphatic rings. The van der Waals surface area contributed by atoms with E-state index >= 15 is 0 Å². The van der Waals surface area contributed by atoms with Crippen molar-refractivity contribution in [3.63, 3.8) is 0 Å². The minimum Gasteiger partial charge on any atom is -0.365 e. The molecule has 14 heavy (non-hydrogen) atoms. The lowest BCUT2D eigenvalue weighted by atomic mass is 10.2. The van der Waals surface area contributed by atoms with Crippen LogP contribution in [0.25, 0.3) is 0 Å². The van der Waals surface area contributed by atoms with E-state index in [2.05, 4.69) is 0 Å². The second-order valence-electron chi connectivity index (χ2n) is 3.97. The van der Waals surface area contributed by atoms with Gasteiger partial charge in [-0.15, -0.1) is 11.6 Å². The first-order valence-electron chi connectivity index (χ1n) is 5.04. The molecule has 0 N–H and O–H groups in total. The molecule has 0 aromatic rings. The monoisotopic (exact) mass is 219 g/mol. The van der Waals surface area contributed by atoms with Gasteiger partial charge >= 0.3 is 0 Å². The van der Waals surface area contributed by atoms with E-state index in [1.165, 1.54) is 0 Å². The summed E-state index contributed by atoms with van der Waals surface area (Å²) in [6.45, 7) is 3.93. The molecule has 0 radical (unpaired) electrons. The molecule has 4 heteroatoms. The predicted molar refractivity (Wildman–Crippen MR) is 56.5 cm³/mol. The van der Waals surface area contributed by atoms with Gasteiger partial charge in [-0.3, -0.25) is 4.79 Å². The average Bonchev–Trinajstić information content (AvgIpc) is 2.61. The summed E-state index contributed by atoms with van der Waals surface area (Å²) in [5, 5.41) is 0. The van der Waals surface area contributed by atoms with Crippen LogP contribution in [0.15, 0.2) is 0 Å². The quantitative estimate of drug-likeness (QED) is 0.676. The van der Waals surface area contributed by atoms with Crippen LogP contribution in [0.2, 0.25) is 0 Å². The molecule has 0 saturated carbocycles. The number of carbonyl (C=O) groups excluding carboxylic acids is 1. The highest BCUT2D eigenvalue weighted by atomic mass is 35.5. The van der Waals surface area contributed by atoms with Crippen molar-refractivity contribution in [2.45, 2.75) is 44.9 Å². The Bertz CT molecular complexity index is 206. The highest BCUT2D eigenvalue weighted by molar-refractivity contribution is 6.18. The first-order chi connectivity index (χ1) is 6.56. The lowest BCUT2D eigenvalue weighted by Crippen LogP contribution is -2.42. The van der Waals surface area contributed by atoms with E-state index < -0.39 is 0 Å².